The van der Waals surface area contributed by atoms with E-state index in [4.69, 9.17) is 9.47 Å². The summed E-state index contributed by atoms with van der Waals surface area (Å²) in [5, 5.41) is 10.9. The average molecular weight is 310 g/mol. The third-order valence-electron chi connectivity index (χ3n) is 3.27. The molecule has 23 heavy (non-hydrogen) atoms. The maximum atomic E-state index is 12.1. The second kappa shape index (κ2) is 6.69. The Balaban J connectivity index is 1.66. The highest BCUT2D eigenvalue weighted by atomic mass is 16.5. The van der Waals surface area contributed by atoms with E-state index in [-0.39, 0.29) is 6.61 Å². The largest absolute Gasteiger partial charge is 0.496 e. The van der Waals surface area contributed by atoms with Gasteiger partial charge in [0.25, 0.3) is 0 Å². The van der Waals surface area contributed by atoms with Crippen molar-refractivity contribution in [1.82, 2.24) is 20.2 Å². The lowest BCUT2D eigenvalue weighted by molar-refractivity contribution is 0.0470. The summed E-state index contributed by atoms with van der Waals surface area (Å²) in [5.74, 6) is 0.286. The van der Waals surface area contributed by atoms with Gasteiger partial charge in [0.05, 0.1) is 18.4 Å². The van der Waals surface area contributed by atoms with Gasteiger partial charge in [-0.1, -0.05) is 18.2 Å². The van der Waals surface area contributed by atoms with Crippen molar-refractivity contribution in [3.63, 3.8) is 0 Å². The Morgan fingerprint density at radius 2 is 1.91 bits per heavy atom. The molecule has 116 valence electrons. The second-order valence-electron chi connectivity index (χ2n) is 4.69. The topological polar surface area (TPSA) is 79.1 Å². The Kier molecular flexibility index (Phi) is 4.28. The molecule has 1 heterocycles. The monoisotopic (exact) mass is 310 g/mol. The molecule has 2 aromatic carbocycles. The second-order valence-corrected chi connectivity index (χ2v) is 4.69. The Hall–Kier alpha value is -3.22. The smallest absolute Gasteiger partial charge is 0.338 e. The molecule has 0 saturated carbocycles. The van der Waals surface area contributed by atoms with Crippen molar-refractivity contribution in [2.45, 2.75) is 6.61 Å². The van der Waals surface area contributed by atoms with Crippen LogP contribution in [0.5, 0.6) is 5.75 Å². The van der Waals surface area contributed by atoms with Crippen LogP contribution in [0.2, 0.25) is 0 Å². The summed E-state index contributed by atoms with van der Waals surface area (Å²) < 4.78 is 12.1. The van der Waals surface area contributed by atoms with Gasteiger partial charge in [-0.2, -0.15) is 0 Å². The van der Waals surface area contributed by atoms with E-state index in [0.717, 1.165) is 11.3 Å². The van der Waals surface area contributed by atoms with Crippen LogP contribution in [-0.4, -0.2) is 33.3 Å². The van der Waals surface area contributed by atoms with Crippen LogP contribution >= 0.6 is 0 Å². The number of carbonyl (C=O) groups is 1. The minimum absolute atomic E-state index is 0.150. The van der Waals surface area contributed by atoms with Gasteiger partial charge in [-0.3, -0.25) is 0 Å². The van der Waals surface area contributed by atoms with Gasteiger partial charge in [-0.15, -0.1) is 5.10 Å². The zero-order chi connectivity index (χ0) is 16.1. The highest BCUT2D eigenvalue weighted by molar-refractivity contribution is 5.89. The first-order chi connectivity index (χ1) is 11.3. The third kappa shape index (κ3) is 3.34. The highest BCUT2D eigenvalue weighted by Crippen LogP contribution is 2.19. The van der Waals surface area contributed by atoms with E-state index < -0.39 is 5.97 Å². The molecule has 0 N–H and O–H groups in total. The maximum Gasteiger partial charge on any atom is 0.338 e. The van der Waals surface area contributed by atoms with Crippen molar-refractivity contribution >= 4 is 5.97 Å². The first kappa shape index (κ1) is 14.7. The Labute approximate surface area is 132 Å². The fourth-order valence-electron chi connectivity index (χ4n) is 2.08. The molecule has 0 radical (unpaired) electrons. The average Bonchev–Trinajstić information content (AvgIpc) is 3.14. The number of carbonyl (C=O) groups excluding carboxylic acids is 1. The molecule has 0 fully saturated rings. The molecule has 3 aromatic rings. The third-order valence-corrected chi connectivity index (χ3v) is 3.27. The Morgan fingerprint density at radius 1 is 1.13 bits per heavy atom. The molecular formula is C16H14N4O3. The summed E-state index contributed by atoms with van der Waals surface area (Å²) in [7, 11) is 1.58. The van der Waals surface area contributed by atoms with E-state index in [0.29, 0.717) is 11.3 Å². The zero-order valence-corrected chi connectivity index (χ0v) is 12.4. The molecule has 3 rings (SSSR count). The van der Waals surface area contributed by atoms with Gasteiger partial charge in [-0.25, -0.2) is 9.48 Å². The maximum absolute atomic E-state index is 12.1. The molecule has 0 aliphatic heterocycles. The van der Waals surface area contributed by atoms with Crippen LogP contribution in [0.15, 0.2) is 54.9 Å². The summed E-state index contributed by atoms with van der Waals surface area (Å²) >= 11 is 0. The normalized spacial score (nSPS) is 10.3. The summed E-state index contributed by atoms with van der Waals surface area (Å²) in [6, 6.07) is 14.2. The molecule has 0 unspecified atom stereocenters. The fourth-order valence-corrected chi connectivity index (χ4v) is 2.08. The van der Waals surface area contributed by atoms with E-state index in [2.05, 4.69) is 15.5 Å². The molecule has 0 spiro atoms. The number of ether oxygens (including phenoxy) is 2. The predicted molar refractivity (Wildman–Crippen MR) is 81.3 cm³/mol. The molecule has 0 aliphatic carbocycles. The first-order valence-corrected chi connectivity index (χ1v) is 6.90. The first-order valence-electron chi connectivity index (χ1n) is 6.90. The minimum Gasteiger partial charge on any atom is -0.496 e. The van der Waals surface area contributed by atoms with Crippen LogP contribution in [0.25, 0.3) is 5.69 Å². The van der Waals surface area contributed by atoms with E-state index >= 15 is 0 Å². The number of esters is 1. The van der Waals surface area contributed by atoms with E-state index in [1.807, 2.05) is 24.3 Å². The number of rotatable bonds is 5. The Morgan fingerprint density at radius 3 is 2.61 bits per heavy atom. The fraction of sp³-hybridized carbons (Fsp3) is 0.125. The van der Waals surface area contributed by atoms with Crippen LogP contribution in [0.4, 0.5) is 0 Å². The van der Waals surface area contributed by atoms with Gasteiger partial charge in [-0.05, 0) is 40.8 Å². The van der Waals surface area contributed by atoms with Crippen molar-refractivity contribution < 1.29 is 14.3 Å². The number of tetrazole rings is 1. The predicted octanol–water partition coefficient (Wildman–Crippen LogP) is 2.03. The van der Waals surface area contributed by atoms with E-state index in [1.165, 1.54) is 11.0 Å². The minimum atomic E-state index is -0.404. The Bertz CT molecular complexity index is 785. The van der Waals surface area contributed by atoms with Crippen LogP contribution in [0.1, 0.15) is 15.9 Å². The number of methoxy groups -OCH3 is 1. The molecule has 0 atom stereocenters. The van der Waals surface area contributed by atoms with Crippen molar-refractivity contribution in [2.75, 3.05) is 7.11 Å². The number of hydrogen-bond donors (Lipinski definition) is 0. The van der Waals surface area contributed by atoms with Crippen LogP contribution in [0.3, 0.4) is 0 Å². The molecule has 1 aromatic heterocycles. The number of para-hydroxylation sites is 1. The van der Waals surface area contributed by atoms with Crippen molar-refractivity contribution in [3.8, 4) is 11.4 Å². The molecular weight excluding hydrogens is 296 g/mol. The quantitative estimate of drug-likeness (QED) is 0.671. The van der Waals surface area contributed by atoms with E-state index in [1.54, 1.807) is 31.4 Å². The van der Waals surface area contributed by atoms with Gasteiger partial charge in [0.2, 0.25) is 0 Å². The number of aromatic nitrogens is 4. The summed E-state index contributed by atoms with van der Waals surface area (Å²) in [4.78, 5) is 12.1. The van der Waals surface area contributed by atoms with Crippen molar-refractivity contribution in [1.29, 1.82) is 0 Å². The number of benzene rings is 2. The lowest BCUT2D eigenvalue weighted by atomic mass is 10.2. The van der Waals surface area contributed by atoms with Gasteiger partial charge in [0.1, 0.15) is 18.7 Å². The van der Waals surface area contributed by atoms with Crippen molar-refractivity contribution in [3.05, 3.63) is 66.0 Å². The van der Waals surface area contributed by atoms with Crippen LogP contribution < -0.4 is 4.74 Å². The molecule has 7 nitrogen and oxygen atoms in total. The zero-order valence-electron chi connectivity index (χ0n) is 12.4. The van der Waals surface area contributed by atoms with Crippen LogP contribution in [0, 0.1) is 0 Å². The number of hydrogen-bond acceptors (Lipinski definition) is 6. The molecule has 0 aliphatic rings. The number of nitrogens with zero attached hydrogens (tertiary/aromatic N) is 4. The van der Waals surface area contributed by atoms with Gasteiger partial charge >= 0.3 is 5.97 Å². The van der Waals surface area contributed by atoms with Crippen LogP contribution in [-0.2, 0) is 11.3 Å². The van der Waals surface area contributed by atoms with E-state index in [9.17, 15) is 4.79 Å². The molecule has 7 heteroatoms. The summed E-state index contributed by atoms with van der Waals surface area (Å²) in [6.07, 6.45) is 1.48. The van der Waals surface area contributed by atoms with Gasteiger partial charge in [0, 0.05) is 5.56 Å². The lowest BCUT2D eigenvalue weighted by Gasteiger charge is -2.09. The van der Waals surface area contributed by atoms with Gasteiger partial charge < -0.3 is 9.47 Å². The lowest BCUT2D eigenvalue weighted by Crippen LogP contribution is -2.06. The highest BCUT2D eigenvalue weighted by Gasteiger charge is 2.10. The standard InChI is InChI=1S/C16H14N4O3/c1-22-15-5-3-2-4-13(15)10-23-16(21)12-6-8-14(9-7-12)20-11-17-18-19-20/h2-9,11H,10H2,1H3. The summed E-state index contributed by atoms with van der Waals surface area (Å²) in [6.45, 7) is 0.150. The summed E-state index contributed by atoms with van der Waals surface area (Å²) in [5.41, 5.74) is 2.03. The molecule has 0 amide bonds. The SMILES string of the molecule is COc1ccccc1COC(=O)c1ccc(-n2cnnn2)cc1. The van der Waals surface area contributed by atoms with Crippen molar-refractivity contribution in [2.24, 2.45) is 0 Å². The molecule has 0 saturated heterocycles. The molecule has 0 bridgehead atoms. The van der Waals surface area contributed by atoms with Gasteiger partial charge in [0.15, 0.2) is 0 Å².